The van der Waals surface area contributed by atoms with E-state index < -0.39 is 12.0 Å². The largest absolute Gasteiger partial charge is 0.481 e. The van der Waals surface area contributed by atoms with Gasteiger partial charge in [0.2, 0.25) is 0 Å². The third-order valence-corrected chi connectivity index (χ3v) is 4.55. The molecule has 6 nitrogen and oxygen atoms in total. The van der Waals surface area contributed by atoms with Crippen molar-refractivity contribution in [2.75, 3.05) is 5.32 Å². The number of anilines is 1. The summed E-state index contributed by atoms with van der Waals surface area (Å²) < 4.78 is 5.50. The number of hydrazine groups is 1. The van der Waals surface area contributed by atoms with E-state index in [1.165, 1.54) is 0 Å². The number of hydrogen-bond donors (Lipinski definition) is 3. The first kappa shape index (κ1) is 21.4. The molecule has 0 aliphatic heterocycles. The maximum absolute atomic E-state index is 12.8. The molecule has 0 aliphatic rings. The van der Waals surface area contributed by atoms with Crippen LogP contribution in [0.5, 0.6) is 5.75 Å². The van der Waals surface area contributed by atoms with Crippen molar-refractivity contribution in [3.05, 3.63) is 59.2 Å². The van der Waals surface area contributed by atoms with Crippen LogP contribution in [0.4, 0.5) is 5.69 Å². The highest BCUT2D eigenvalue weighted by atomic mass is 16.5. The molecule has 2 aromatic rings. The lowest BCUT2D eigenvalue weighted by molar-refractivity contribution is -0.127. The van der Waals surface area contributed by atoms with Gasteiger partial charge in [0, 0.05) is 11.3 Å². The maximum atomic E-state index is 12.8. The van der Waals surface area contributed by atoms with Crippen molar-refractivity contribution in [3.8, 4) is 5.75 Å². The fraction of sp³-hybridized carbons (Fsp3) is 0.364. The lowest BCUT2D eigenvalue weighted by atomic mass is 9.92. The van der Waals surface area contributed by atoms with E-state index in [2.05, 4.69) is 33.0 Å². The van der Waals surface area contributed by atoms with Gasteiger partial charge in [-0.2, -0.15) is 0 Å². The summed E-state index contributed by atoms with van der Waals surface area (Å²) in [5.74, 6) is 5.56. The van der Waals surface area contributed by atoms with Crippen LogP contribution in [0.3, 0.4) is 0 Å². The van der Waals surface area contributed by atoms with Gasteiger partial charge in [0.15, 0.2) is 6.10 Å². The molecule has 4 N–H and O–H groups in total. The molecule has 1 atom stereocenters. The molecule has 0 saturated heterocycles. The molecule has 0 aliphatic carbocycles. The Labute approximate surface area is 166 Å². The number of rotatable bonds is 7. The van der Waals surface area contributed by atoms with Crippen LogP contribution in [-0.2, 0) is 4.79 Å². The normalized spacial score (nSPS) is 12.0. The molecule has 0 saturated carbocycles. The van der Waals surface area contributed by atoms with E-state index in [9.17, 15) is 9.59 Å². The zero-order valence-corrected chi connectivity index (χ0v) is 17.1. The third kappa shape index (κ3) is 5.10. The van der Waals surface area contributed by atoms with Gasteiger partial charge in [-0.25, -0.2) is 5.84 Å². The first-order valence-electron chi connectivity index (χ1n) is 9.45. The molecule has 150 valence electrons. The molecule has 0 aromatic heterocycles. The minimum absolute atomic E-state index is 0.186. The second-order valence-corrected chi connectivity index (χ2v) is 7.37. The van der Waals surface area contributed by atoms with E-state index in [0.29, 0.717) is 23.1 Å². The summed E-state index contributed by atoms with van der Waals surface area (Å²) in [6.07, 6.45) is -0.726. The molecule has 2 rings (SSSR count). The Kier molecular flexibility index (Phi) is 7.18. The van der Waals surface area contributed by atoms with Crippen LogP contribution >= 0.6 is 0 Å². The predicted molar refractivity (Wildman–Crippen MR) is 111 cm³/mol. The molecule has 2 aromatic carbocycles. The van der Waals surface area contributed by atoms with Crippen molar-refractivity contribution >= 4 is 17.5 Å². The van der Waals surface area contributed by atoms with Gasteiger partial charge in [0.1, 0.15) is 5.75 Å². The number of nitrogens with two attached hydrogens (primary N) is 1. The highest BCUT2D eigenvalue weighted by molar-refractivity contribution is 6.05. The first-order valence-corrected chi connectivity index (χ1v) is 9.45. The van der Waals surface area contributed by atoms with E-state index in [0.717, 1.165) is 16.8 Å². The Bertz CT molecular complexity index is 803. The van der Waals surface area contributed by atoms with Crippen LogP contribution in [0.1, 0.15) is 67.9 Å². The van der Waals surface area contributed by atoms with Crippen LogP contribution in [0.2, 0.25) is 0 Å². The molecule has 0 radical (unpaired) electrons. The summed E-state index contributed by atoms with van der Waals surface area (Å²) >= 11 is 0. The van der Waals surface area contributed by atoms with Crippen molar-refractivity contribution in [1.29, 1.82) is 0 Å². The van der Waals surface area contributed by atoms with Crippen molar-refractivity contribution < 1.29 is 14.3 Å². The van der Waals surface area contributed by atoms with E-state index in [1.807, 2.05) is 23.6 Å². The molecule has 2 amide bonds. The number of carbonyl (C=O) groups is 2. The Morgan fingerprint density at radius 2 is 1.43 bits per heavy atom. The molecule has 0 fully saturated rings. The van der Waals surface area contributed by atoms with Crippen LogP contribution in [0.15, 0.2) is 42.5 Å². The van der Waals surface area contributed by atoms with Crippen molar-refractivity contribution in [3.63, 3.8) is 0 Å². The van der Waals surface area contributed by atoms with Crippen LogP contribution < -0.4 is 21.3 Å². The summed E-state index contributed by atoms with van der Waals surface area (Å²) in [5, 5.41) is 3.09. The van der Waals surface area contributed by atoms with Crippen molar-refractivity contribution in [2.45, 2.75) is 52.6 Å². The predicted octanol–water partition coefficient (Wildman–Crippen LogP) is 3.94. The number of hydrogen-bond acceptors (Lipinski definition) is 4. The topological polar surface area (TPSA) is 93.4 Å². The zero-order valence-electron chi connectivity index (χ0n) is 17.1. The lowest BCUT2D eigenvalue weighted by Gasteiger charge is -2.20. The molecule has 28 heavy (non-hydrogen) atoms. The minimum atomic E-state index is -0.726. The number of amides is 2. The monoisotopic (exact) mass is 383 g/mol. The molecule has 0 spiro atoms. The van der Waals surface area contributed by atoms with E-state index in [-0.39, 0.29) is 5.91 Å². The number of nitrogens with one attached hydrogen (secondary N) is 2. The molecule has 0 unspecified atom stereocenters. The third-order valence-electron chi connectivity index (χ3n) is 4.55. The zero-order chi connectivity index (χ0) is 20.8. The fourth-order valence-corrected chi connectivity index (χ4v) is 2.94. The second kappa shape index (κ2) is 9.37. The number of benzene rings is 2. The Morgan fingerprint density at radius 3 is 1.89 bits per heavy atom. The van der Waals surface area contributed by atoms with E-state index >= 15 is 0 Å². The molecule has 0 heterocycles. The maximum Gasteiger partial charge on any atom is 0.274 e. The quantitative estimate of drug-likeness (QED) is 0.383. The molecular weight excluding hydrogens is 354 g/mol. The molecular formula is C22H29N3O3. The Balaban J connectivity index is 2.21. The number of ether oxygens (including phenoxy) is 1. The van der Waals surface area contributed by atoms with Gasteiger partial charge in [-0.3, -0.25) is 15.0 Å². The second-order valence-electron chi connectivity index (χ2n) is 7.37. The van der Waals surface area contributed by atoms with Gasteiger partial charge in [-0.15, -0.1) is 0 Å². The van der Waals surface area contributed by atoms with Gasteiger partial charge in [0.25, 0.3) is 11.8 Å². The molecule has 6 heteroatoms. The highest BCUT2D eigenvalue weighted by Gasteiger charge is 2.17. The number of carbonyl (C=O) groups excluding carboxylic acids is 2. The average Bonchev–Trinajstić information content (AvgIpc) is 2.67. The average molecular weight is 383 g/mol. The summed E-state index contributed by atoms with van der Waals surface area (Å²) in [4.78, 5) is 24.3. The van der Waals surface area contributed by atoms with E-state index in [1.54, 1.807) is 31.2 Å². The van der Waals surface area contributed by atoms with E-state index in [4.69, 9.17) is 10.6 Å². The lowest BCUT2D eigenvalue weighted by Crippen LogP contribution is -2.40. The van der Waals surface area contributed by atoms with Crippen LogP contribution in [0.25, 0.3) is 0 Å². The summed E-state index contributed by atoms with van der Waals surface area (Å²) in [7, 11) is 0. The number of para-hydroxylation sites is 1. The standard InChI is InChI=1S/C22H29N3O3/c1-13(2)18-7-6-8-19(14(3)4)20(18)24-22(27)16-9-11-17(12-10-16)28-15(5)21(26)25-23/h6-15H,23H2,1-5H3,(H,24,27)(H,25,26)/t15-/m0/s1. The summed E-state index contributed by atoms with van der Waals surface area (Å²) in [5.41, 5.74) is 5.66. The fourth-order valence-electron chi connectivity index (χ4n) is 2.94. The summed E-state index contributed by atoms with van der Waals surface area (Å²) in [6, 6.07) is 12.8. The summed E-state index contributed by atoms with van der Waals surface area (Å²) in [6.45, 7) is 10.0. The van der Waals surface area contributed by atoms with Crippen molar-refractivity contribution in [2.24, 2.45) is 5.84 Å². The minimum Gasteiger partial charge on any atom is -0.481 e. The van der Waals surface area contributed by atoms with Crippen LogP contribution in [0, 0.1) is 0 Å². The van der Waals surface area contributed by atoms with Gasteiger partial charge in [-0.05, 0) is 54.2 Å². The Hall–Kier alpha value is -2.86. The SMILES string of the molecule is CC(C)c1cccc(C(C)C)c1NC(=O)c1ccc(O[C@@H](C)C(=O)NN)cc1. The van der Waals surface area contributed by atoms with Gasteiger partial charge >= 0.3 is 0 Å². The van der Waals surface area contributed by atoms with Gasteiger partial charge < -0.3 is 10.1 Å². The van der Waals surface area contributed by atoms with Crippen molar-refractivity contribution in [1.82, 2.24) is 5.43 Å². The first-order chi connectivity index (χ1) is 13.2. The molecule has 0 bridgehead atoms. The highest BCUT2D eigenvalue weighted by Crippen LogP contribution is 2.32. The van der Waals surface area contributed by atoms with Gasteiger partial charge in [-0.1, -0.05) is 45.9 Å². The van der Waals surface area contributed by atoms with Crippen LogP contribution in [-0.4, -0.2) is 17.9 Å². The Morgan fingerprint density at radius 1 is 0.893 bits per heavy atom. The van der Waals surface area contributed by atoms with Gasteiger partial charge in [0.05, 0.1) is 0 Å². The smallest absolute Gasteiger partial charge is 0.274 e.